The first-order chi connectivity index (χ1) is 12.1. The van der Waals surface area contributed by atoms with Gasteiger partial charge in [-0.1, -0.05) is 12.5 Å². The van der Waals surface area contributed by atoms with Crippen LogP contribution in [0.4, 0.5) is 0 Å². The van der Waals surface area contributed by atoms with Crippen molar-refractivity contribution in [2.24, 2.45) is 4.99 Å². The molecule has 0 saturated heterocycles. The lowest BCUT2D eigenvalue weighted by atomic mass is 10.2. The van der Waals surface area contributed by atoms with Gasteiger partial charge >= 0.3 is 0 Å². The van der Waals surface area contributed by atoms with Crippen molar-refractivity contribution in [2.45, 2.75) is 39.0 Å². The smallest absolute Gasteiger partial charge is 0.287 e. The molecule has 7 heteroatoms. The maximum Gasteiger partial charge on any atom is 0.287 e. The van der Waals surface area contributed by atoms with E-state index in [4.69, 9.17) is 4.42 Å². The van der Waals surface area contributed by atoms with E-state index >= 15 is 0 Å². The van der Waals surface area contributed by atoms with E-state index in [1.165, 1.54) is 19.1 Å². The van der Waals surface area contributed by atoms with Crippen LogP contribution < -0.4 is 10.6 Å². The number of rotatable bonds is 11. The van der Waals surface area contributed by atoms with Gasteiger partial charge in [0.15, 0.2) is 11.7 Å². The van der Waals surface area contributed by atoms with Crippen LogP contribution in [-0.4, -0.2) is 50.5 Å². The number of unbranched alkanes of at least 4 members (excludes halogenated alkanes) is 3. The van der Waals surface area contributed by atoms with Gasteiger partial charge in [0.1, 0.15) is 0 Å². The molecule has 0 saturated carbocycles. The van der Waals surface area contributed by atoms with Crippen LogP contribution in [0.2, 0.25) is 0 Å². The summed E-state index contributed by atoms with van der Waals surface area (Å²) < 4.78 is 5.17. The number of furan rings is 1. The second-order valence-electron chi connectivity index (χ2n) is 6.08. The number of hydrogen-bond donors (Lipinski definition) is 2. The third kappa shape index (κ3) is 9.26. The van der Waals surface area contributed by atoms with Crippen LogP contribution in [0, 0.1) is 6.92 Å². The molecule has 148 valence electrons. The molecule has 2 N–H and O–H groups in total. The minimum atomic E-state index is -0.163. The summed E-state index contributed by atoms with van der Waals surface area (Å²) >= 11 is 0. The third-order valence-electron chi connectivity index (χ3n) is 3.97. The molecule has 0 aliphatic carbocycles. The lowest BCUT2D eigenvalue weighted by Gasteiger charge is -2.22. The van der Waals surface area contributed by atoms with Crippen molar-refractivity contribution in [2.75, 3.05) is 33.7 Å². The first-order valence-electron chi connectivity index (χ1n) is 8.95. The molecule has 0 radical (unpaired) electrons. The van der Waals surface area contributed by atoms with Crippen LogP contribution in [0.15, 0.2) is 34.4 Å². The van der Waals surface area contributed by atoms with Crippen LogP contribution in [0.1, 0.15) is 48.2 Å². The molecule has 0 unspecified atom stereocenters. The number of allylic oxidation sites excluding steroid dienone is 1. The normalized spacial score (nSPS) is 10.8. The van der Waals surface area contributed by atoms with Gasteiger partial charge in [0.25, 0.3) is 5.91 Å². The Morgan fingerprint density at radius 3 is 2.62 bits per heavy atom. The highest BCUT2D eigenvalue weighted by Gasteiger charge is 2.11. The van der Waals surface area contributed by atoms with Gasteiger partial charge in [-0.05, 0) is 38.7 Å². The van der Waals surface area contributed by atoms with E-state index in [2.05, 4.69) is 27.1 Å². The number of amides is 1. The largest absolute Gasteiger partial charge is 0.459 e. The Bertz CT molecular complexity index is 557. The summed E-state index contributed by atoms with van der Waals surface area (Å²) in [5.74, 6) is 1.11. The molecular formula is C19H33IN4O2. The van der Waals surface area contributed by atoms with E-state index in [9.17, 15) is 4.79 Å². The number of aryl methyl sites for hydroxylation is 1. The Kier molecular flexibility index (Phi) is 13.8. The topological polar surface area (TPSA) is 69.9 Å². The van der Waals surface area contributed by atoms with Crippen LogP contribution in [0.25, 0.3) is 0 Å². The maximum absolute atomic E-state index is 11.9. The fourth-order valence-electron chi connectivity index (χ4n) is 2.48. The van der Waals surface area contributed by atoms with E-state index in [1.54, 1.807) is 13.1 Å². The standard InChI is InChI=1S/C19H32N4O2.HI/c1-5-6-7-8-9-14-23(4)19(20-3)22-13-10-12-21-18(24)17-16(2)11-15-25-17;/h5,11,15H,1,6-10,12-14H2,2-4H3,(H,20,22)(H,21,24);1H. The van der Waals surface area contributed by atoms with Crippen molar-refractivity contribution in [3.8, 4) is 0 Å². The first kappa shape index (κ1) is 24.5. The number of halogens is 1. The van der Waals surface area contributed by atoms with Crippen LogP contribution in [0.5, 0.6) is 0 Å². The molecular weight excluding hydrogens is 443 g/mol. The lowest BCUT2D eigenvalue weighted by molar-refractivity contribution is 0.0925. The van der Waals surface area contributed by atoms with Crippen molar-refractivity contribution < 1.29 is 9.21 Å². The molecule has 0 aromatic carbocycles. The number of aliphatic imine (C=N–C) groups is 1. The van der Waals surface area contributed by atoms with Gasteiger partial charge in [0.2, 0.25) is 0 Å². The van der Waals surface area contributed by atoms with Gasteiger partial charge in [0.05, 0.1) is 6.26 Å². The zero-order valence-electron chi connectivity index (χ0n) is 16.2. The summed E-state index contributed by atoms with van der Waals surface area (Å²) in [6.45, 7) is 7.92. The molecule has 0 bridgehead atoms. The predicted molar refractivity (Wildman–Crippen MR) is 118 cm³/mol. The van der Waals surface area contributed by atoms with Gasteiger partial charge in [-0.25, -0.2) is 0 Å². The van der Waals surface area contributed by atoms with E-state index in [0.29, 0.717) is 12.3 Å². The molecule has 0 spiro atoms. The van der Waals surface area contributed by atoms with Crippen molar-refractivity contribution >= 4 is 35.8 Å². The number of carbonyl (C=O) groups is 1. The molecule has 0 aliphatic rings. The summed E-state index contributed by atoms with van der Waals surface area (Å²) in [6.07, 6.45) is 8.93. The van der Waals surface area contributed by atoms with Crippen LogP contribution in [0.3, 0.4) is 0 Å². The Balaban J connectivity index is 0.00000625. The Hall–Kier alpha value is -1.51. The first-order valence-corrected chi connectivity index (χ1v) is 8.95. The van der Waals surface area contributed by atoms with Crippen LogP contribution >= 0.6 is 24.0 Å². The zero-order valence-corrected chi connectivity index (χ0v) is 18.5. The van der Waals surface area contributed by atoms with E-state index in [-0.39, 0.29) is 29.9 Å². The molecule has 26 heavy (non-hydrogen) atoms. The van der Waals surface area contributed by atoms with Gasteiger partial charge in [-0.15, -0.1) is 30.6 Å². The highest BCUT2D eigenvalue weighted by Crippen LogP contribution is 2.07. The number of nitrogens with zero attached hydrogens (tertiary/aromatic N) is 2. The van der Waals surface area contributed by atoms with E-state index in [1.807, 2.05) is 20.0 Å². The number of nitrogens with one attached hydrogen (secondary N) is 2. The minimum Gasteiger partial charge on any atom is -0.459 e. The van der Waals surface area contributed by atoms with Crippen molar-refractivity contribution in [3.05, 3.63) is 36.3 Å². The summed E-state index contributed by atoms with van der Waals surface area (Å²) in [6, 6.07) is 1.79. The summed E-state index contributed by atoms with van der Waals surface area (Å²) in [4.78, 5) is 18.4. The molecule has 6 nitrogen and oxygen atoms in total. The average Bonchev–Trinajstić information content (AvgIpc) is 3.03. The van der Waals surface area contributed by atoms with Crippen molar-refractivity contribution in [3.63, 3.8) is 0 Å². The minimum absolute atomic E-state index is 0. The molecule has 1 heterocycles. The molecule has 1 aromatic rings. The second-order valence-corrected chi connectivity index (χ2v) is 6.08. The SMILES string of the molecule is C=CCCCCCN(C)C(=NC)NCCCNC(=O)c1occc1C.I. The summed E-state index contributed by atoms with van der Waals surface area (Å²) in [5.41, 5.74) is 0.853. The number of hydrogen-bond acceptors (Lipinski definition) is 3. The average molecular weight is 476 g/mol. The molecule has 0 atom stereocenters. The molecule has 0 aliphatic heterocycles. The number of carbonyl (C=O) groups excluding carboxylic acids is 1. The second kappa shape index (κ2) is 14.6. The molecule has 1 amide bonds. The monoisotopic (exact) mass is 476 g/mol. The van der Waals surface area contributed by atoms with E-state index in [0.717, 1.165) is 43.9 Å². The fourth-order valence-corrected chi connectivity index (χ4v) is 2.48. The van der Waals surface area contributed by atoms with Crippen molar-refractivity contribution in [1.29, 1.82) is 0 Å². The number of guanidine groups is 1. The van der Waals surface area contributed by atoms with Gasteiger partial charge in [-0.3, -0.25) is 9.79 Å². The molecule has 1 aromatic heterocycles. The lowest BCUT2D eigenvalue weighted by Crippen LogP contribution is -2.40. The van der Waals surface area contributed by atoms with Gasteiger partial charge in [0, 0.05) is 39.3 Å². The van der Waals surface area contributed by atoms with Crippen molar-refractivity contribution in [1.82, 2.24) is 15.5 Å². The zero-order chi connectivity index (χ0) is 18.5. The third-order valence-corrected chi connectivity index (χ3v) is 3.97. The van der Waals surface area contributed by atoms with Gasteiger partial charge in [-0.2, -0.15) is 0 Å². The highest BCUT2D eigenvalue weighted by atomic mass is 127. The Morgan fingerprint density at radius 1 is 1.27 bits per heavy atom. The summed E-state index contributed by atoms with van der Waals surface area (Å²) in [5, 5.41) is 6.19. The highest BCUT2D eigenvalue weighted by molar-refractivity contribution is 14.0. The quantitative estimate of drug-likeness (QED) is 0.169. The Labute approximate surface area is 174 Å². The molecule has 0 fully saturated rings. The van der Waals surface area contributed by atoms with Gasteiger partial charge < -0.3 is 20.0 Å². The summed E-state index contributed by atoms with van der Waals surface area (Å²) in [7, 11) is 3.84. The predicted octanol–water partition coefficient (Wildman–Crippen LogP) is 3.58. The van der Waals surface area contributed by atoms with Crippen LogP contribution in [-0.2, 0) is 0 Å². The molecule has 1 rings (SSSR count). The fraction of sp³-hybridized carbons (Fsp3) is 0.579. The maximum atomic E-state index is 11.9. The van der Waals surface area contributed by atoms with E-state index < -0.39 is 0 Å². The Morgan fingerprint density at radius 2 is 2.00 bits per heavy atom.